The maximum atomic E-state index is 6.60. The Bertz CT molecular complexity index is 483. The Hall–Kier alpha value is -0.860. The van der Waals surface area contributed by atoms with E-state index >= 15 is 0 Å². The van der Waals surface area contributed by atoms with Crippen LogP contribution in [0.2, 0.25) is 0 Å². The van der Waals surface area contributed by atoms with Gasteiger partial charge in [0.05, 0.1) is 0 Å². The molecule has 4 N–H and O–H groups in total. The lowest BCUT2D eigenvalue weighted by Crippen LogP contribution is -2.33. The number of nitrogens with two attached hydrogens (primary N) is 1. The minimum atomic E-state index is -0.179. The molecule has 2 nitrogen and oxygen atoms in total. The molecule has 2 heteroatoms. The van der Waals surface area contributed by atoms with Crippen molar-refractivity contribution in [3.05, 3.63) is 35.4 Å². The van der Waals surface area contributed by atoms with Crippen molar-refractivity contribution in [3.63, 3.8) is 0 Å². The van der Waals surface area contributed by atoms with Gasteiger partial charge >= 0.3 is 0 Å². The number of rotatable bonds is 18. The molecule has 1 atom stereocenters. The molecule has 0 amide bonds. The topological polar surface area (TPSA) is 57.5 Å². The van der Waals surface area contributed by atoms with Crippen molar-refractivity contribution in [1.29, 1.82) is 0 Å². The van der Waals surface area contributed by atoms with E-state index in [9.17, 15) is 0 Å². The number of hydrogen-bond donors (Lipinski definition) is 1. The Morgan fingerprint density at radius 1 is 0.655 bits per heavy atom. The van der Waals surface area contributed by atoms with Crippen molar-refractivity contribution in [2.24, 2.45) is 5.73 Å². The van der Waals surface area contributed by atoms with Gasteiger partial charge < -0.3 is 11.2 Å². The van der Waals surface area contributed by atoms with Crippen molar-refractivity contribution >= 4 is 0 Å². The van der Waals surface area contributed by atoms with Crippen LogP contribution in [0, 0.1) is 6.92 Å². The summed E-state index contributed by atoms with van der Waals surface area (Å²) in [6, 6.07) is 8.58. The molecule has 0 aliphatic heterocycles. The zero-order valence-corrected chi connectivity index (χ0v) is 19.9. The van der Waals surface area contributed by atoms with Crippen LogP contribution in [0.4, 0.5) is 0 Å². The first-order valence-corrected chi connectivity index (χ1v) is 12.4. The van der Waals surface area contributed by atoms with Crippen LogP contribution >= 0.6 is 0 Å². The number of benzene rings is 1. The average Bonchev–Trinajstić information content (AvgIpc) is 2.68. The lowest BCUT2D eigenvalue weighted by molar-refractivity contribution is 0.418. The summed E-state index contributed by atoms with van der Waals surface area (Å²) >= 11 is 0. The van der Waals surface area contributed by atoms with Crippen molar-refractivity contribution < 1.29 is 5.48 Å². The van der Waals surface area contributed by atoms with E-state index in [0.29, 0.717) is 0 Å². The molecule has 0 bridgehead atoms. The molecule has 0 saturated carbocycles. The lowest BCUT2D eigenvalue weighted by Gasteiger charge is -2.27. The van der Waals surface area contributed by atoms with Crippen molar-refractivity contribution in [3.8, 4) is 0 Å². The molecule has 1 unspecified atom stereocenters. The second-order valence-electron chi connectivity index (χ2n) is 9.29. The van der Waals surface area contributed by atoms with Gasteiger partial charge in [-0.2, -0.15) is 0 Å². The van der Waals surface area contributed by atoms with E-state index in [1.54, 1.807) is 0 Å². The molecule has 0 aromatic heterocycles. The lowest BCUT2D eigenvalue weighted by atomic mass is 9.85. The van der Waals surface area contributed by atoms with Gasteiger partial charge in [-0.1, -0.05) is 134 Å². The van der Waals surface area contributed by atoms with Crippen molar-refractivity contribution in [2.75, 3.05) is 0 Å². The minimum Gasteiger partial charge on any atom is -0.412 e. The summed E-state index contributed by atoms with van der Waals surface area (Å²) in [5, 5.41) is 0. The monoisotopic (exact) mass is 405 g/mol. The van der Waals surface area contributed by atoms with Gasteiger partial charge in [-0.3, -0.25) is 0 Å². The zero-order chi connectivity index (χ0) is 20.5. The van der Waals surface area contributed by atoms with Gasteiger partial charge in [0.15, 0.2) is 0 Å². The quantitative estimate of drug-likeness (QED) is 0.247. The third-order valence-corrected chi connectivity index (χ3v) is 6.31. The SMILES string of the molecule is CCCCCCCCCCCCCCCCCCC(C)(N)c1ccccc1C.O. The third kappa shape index (κ3) is 13.9. The fourth-order valence-corrected chi connectivity index (χ4v) is 4.39. The Labute approximate surface area is 182 Å². The minimum absolute atomic E-state index is 0. The van der Waals surface area contributed by atoms with Crippen LogP contribution in [-0.2, 0) is 5.54 Å². The Morgan fingerprint density at radius 3 is 1.45 bits per heavy atom. The van der Waals surface area contributed by atoms with Gasteiger partial charge in [0.2, 0.25) is 0 Å². The molecule has 0 heterocycles. The molecule has 170 valence electrons. The number of unbranched alkanes of at least 4 members (excludes halogenated alkanes) is 15. The van der Waals surface area contributed by atoms with E-state index in [1.807, 2.05) is 0 Å². The first-order chi connectivity index (χ1) is 13.6. The third-order valence-electron chi connectivity index (χ3n) is 6.31. The van der Waals surface area contributed by atoms with Gasteiger partial charge in [-0.15, -0.1) is 0 Å². The summed E-state index contributed by atoms with van der Waals surface area (Å²) < 4.78 is 0. The maximum Gasteiger partial charge on any atom is 0.0383 e. The first-order valence-electron chi connectivity index (χ1n) is 12.4. The highest BCUT2D eigenvalue weighted by atomic mass is 16.0. The maximum absolute atomic E-state index is 6.60. The van der Waals surface area contributed by atoms with Crippen molar-refractivity contribution in [1.82, 2.24) is 0 Å². The summed E-state index contributed by atoms with van der Waals surface area (Å²) in [4.78, 5) is 0. The molecule has 0 aliphatic rings. The van der Waals surface area contributed by atoms with E-state index in [-0.39, 0.29) is 11.0 Å². The molecule has 0 saturated heterocycles. The van der Waals surface area contributed by atoms with Crippen LogP contribution in [-0.4, -0.2) is 5.48 Å². The zero-order valence-electron chi connectivity index (χ0n) is 19.9. The predicted octanol–water partition coefficient (Wildman–Crippen LogP) is 8.00. The highest BCUT2D eigenvalue weighted by molar-refractivity contribution is 5.31. The summed E-state index contributed by atoms with van der Waals surface area (Å²) in [5.41, 5.74) is 9.06. The summed E-state index contributed by atoms with van der Waals surface area (Å²) in [6.07, 6.45) is 23.8. The van der Waals surface area contributed by atoms with Crippen LogP contribution in [0.1, 0.15) is 134 Å². The smallest absolute Gasteiger partial charge is 0.0383 e. The first kappa shape index (κ1) is 28.1. The van der Waals surface area contributed by atoms with Crippen molar-refractivity contribution in [2.45, 2.75) is 135 Å². The summed E-state index contributed by atoms with van der Waals surface area (Å²) in [5.74, 6) is 0. The molecule has 29 heavy (non-hydrogen) atoms. The van der Waals surface area contributed by atoms with E-state index < -0.39 is 0 Å². The molecule has 1 aromatic carbocycles. The molecular formula is C27H51NO. The molecular weight excluding hydrogens is 354 g/mol. The van der Waals surface area contributed by atoms with Gasteiger partial charge in [0.1, 0.15) is 0 Å². The van der Waals surface area contributed by atoms with Crippen LogP contribution in [0.25, 0.3) is 0 Å². The van der Waals surface area contributed by atoms with E-state index in [4.69, 9.17) is 5.73 Å². The van der Waals surface area contributed by atoms with Crippen LogP contribution in [0.3, 0.4) is 0 Å². The second-order valence-corrected chi connectivity index (χ2v) is 9.29. The van der Waals surface area contributed by atoms with E-state index in [1.165, 1.54) is 114 Å². The normalized spacial score (nSPS) is 13.1. The molecule has 0 aliphatic carbocycles. The molecule has 0 spiro atoms. The number of hydrogen-bond acceptors (Lipinski definition) is 1. The van der Waals surface area contributed by atoms with Crippen LogP contribution in [0.15, 0.2) is 24.3 Å². The Morgan fingerprint density at radius 2 is 1.03 bits per heavy atom. The van der Waals surface area contributed by atoms with Gasteiger partial charge in [-0.25, -0.2) is 0 Å². The predicted molar refractivity (Wildman–Crippen MR) is 130 cm³/mol. The van der Waals surface area contributed by atoms with E-state index in [2.05, 4.69) is 45.0 Å². The molecule has 1 rings (SSSR count). The van der Waals surface area contributed by atoms with Gasteiger partial charge in [0, 0.05) is 5.54 Å². The van der Waals surface area contributed by atoms with Gasteiger partial charge in [0.25, 0.3) is 0 Å². The van der Waals surface area contributed by atoms with Crippen LogP contribution < -0.4 is 5.73 Å². The Balaban J connectivity index is 0.00000784. The summed E-state index contributed by atoms with van der Waals surface area (Å²) in [6.45, 7) is 6.66. The van der Waals surface area contributed by atoms with Gasteiger partial charge in [-0.05, 0) is 31.4 Å². The largest absolute Gasteiger partial charge is 0.412 e. The highest BCUT2D eigenvalue weighted by Crippen LogP contribution is 2.27. The number of aryl methyl sites for hydroxylation is 1. The second kappa shape index (κ2) is 18.0. The standard InChI is InChI=1S/C27H49N.H2O/c1-4-5-6-7-8-9-10-11-12-13-14-15-16-17-18-21-24-27(3,28)26-23-20-19-22-25(26)2;/h19-20,22-23H,4-18,21,24,28H2,1-3H3;1H2. The molecule has 0 fully saturated rings. The Kier molecular flexibility index (Phi) is 17.4. The van der Waals surface area contributed by atoms with E-state index in [0.717, 1.165) is 6.42 Å². The fraction of sp³-hybridized carbons (Fsp3) is 0.778. The fourth-order valence-electron chi connectivity index (χ4n) is 4.39. The summed E-state index contributed by atoms with van der Waals surface area (Å²) in [7, 11) is 0. The molecule has 1 aromatic rings. The molecule has 0 radical (unpaired) electrons. The highest BCUT2D eigenvalue weighted by Gasteiger charge is 2.21. The van der Waals surface area contributed by atoms with Crippen LogP contribution in [0.5, 0.6) is 0 Å². The average molecular weight is 406 g/mol.